The molecule has 1 aromatic carbocycles. The molecule has 1 fully saturated rings. The largest absolute Gasteiger partial charge is 0.493 e. The summed E-state index contributed by atoms with van der Waals surface area (Å²) in [6, 6.07) is 3.63. The second-order valence-corrected chi connectivity index (χ2v) is 11.5. The molecule has 41 heavy (non-hydrogen) atoms. The van der Waals surface area contributed by atoms with E-state index in [1.54, 1.807) is 18.9 Å². The van der Waals surface area contributed by atoms with Crippen LogP contribution in [0.1, 0.15) is 32.3 Å². The molecule has 3 heterocycles. The number of hydrogen-bond donors (Lipinski definition) is 1. The number of amides is 1. The Labute approximate surface area is 237 Å². The summed E-state index contributed by atoms with van der Waals surface area (Å²) < 4.78 is 34.3. The minimum atomic E-state index is -3.93. The lowest BCUT2D eigenvalue weighted by Gasteiger charge is -2.33. The van der Waals surface area contributed by atoms with Crippen LogP contribution in [0.15, 0.2) is 49.5 Å². The number of rotatable bonds is 12. The van der Waals surface area contributed by atoms with Gasteiger partial charge in [0.15, 0.2) is 11.9 Å². The highest BCUT2D eigenvalue weighted by Crippen LogP contribution is 2.33. The maximum absolute atomic E-state index is 13.6. The average molecular weight is 592 g/mol. The lowest BCUT2D eigenvalue weighted by atomic mass is 10.00. The Kier molecular flexibility index (Phi) is 9.35. The van der Waals surface area contributed by atoms with Gasteiger partial charge in [-0.05, 0) is 31.5 Å². The Morgan fingerprint density at radius 3 is 2.59 bits per heavy atom. The fourth-order valence-electron chi connectivity index (χ4n) is 5.11. The quantitative estimate of drug-likeness (QED) is 0.160. The van der Waals surface area contributed by atoms with Crippen molar-refractivity contribution in [2.75, 3.05) is 53.0 Å². The van der Waals surface area contributed by atoms with Crippen molar-refractivity contribution in [2.24, 2.45) is 15.1 Å². The number of hydrogen-bond acceptors (Lipinski definition) is 12. The Hall–Kier alpha value is -3.89. The van der Waals surface area contributed by atoms with Crippen LogP contribution in [0.2, 0.25) is 0 Å². The summed E-state index contributed by atoms with van der Waals surface area (Å²) in [4.78, 5) is 40.5. The molecule has 1 amide bonds. The molecule has 15 nitrogen and oxygen atoms in total. The average Bonchev–Trinajstić information content (AvgIpc) is 3.20. The van der Waals surface area contributed by atoms with Crippen LogP contribution in [0.3, 0.4) is 0 Å². The Balaban J connectivity index is 1.65. The molecule has 4 rings (SSSR count). The SMILES string of the molecule is CCCC1=C(/C=N/O)N(C)C2C(=O)N=C(c3cc(S(=O)(=O)N4CCN(CCO[N+](=O)[O-])CC4)ccc3OCC)N=C12. The van der Waals surface area contributed by atoms with Gasteiger partial charge >= 0.3 is 0 Å². The normalized spacial score (nSPS) is 20.3. The third-order valence-electron chi connectivity index (χ3n) is 7.07. The lowest BCUT2D eigenvalue weighted by molar-refractivity contribution is -0.757. The second kappa shape index (κ2) is 12.7. The van der Waals surface area contributed by atoms with E-state index in [2.05, 4.69) is 15.0 Å². The molecule has 1 aromatic rings. The van der Waals surface area contributed by atoms with Crippen molar-refractivity contribution in [2.45, 2.75) is 37.6 Å². The summed E-state index contributed by atoms with van der Waals surface area (Å²) in [5.74, 6) is -0.0993. The molecule has 3 aliphatic heterocycles. The van der Waals surface area contributed by atoms with Crippen molar-refractivity contribution < 1.29 is 33.1 Å². The predicted molar refractivity (Wildman–Crippen MR) is 148 cm³/mol. The zero-order valence-electron chi connectivity index (χ0n) is 23.1. The van der Waals surface area contributed by atoms with Gasteiger partial charge in [0.2, 0.25) is 10.0 Å². The zero-order valence-corrected chi connectivity index (χ0v) is 23.9. The molecule has 1 saturated heterocycles. The summed E-state index contributed by atoms with van der Waals surface area (Å²) in [6.45, 7) is 5.45. The summed E-state index contributed by atoms with van der Waals surface area (Å²) in [5.41, 5.74) is 2.06. The van der Waals surface area contributed by atoms with E-state index >= 15 is 0 Å². The molecule has 222 valence electrons. The topological polar surface area (TPSA) is 180 Å². The molecular weight excluding hydrogens is 558 g/mol. The number of piperazine rings is 1. The van der Waals surface area contributed by atoms with Gasteiger partial charge in [0.05, 0.1) is 34.7 Å². The van der Waals surface area contributed by atoms with E-state index in [-0.39, 0.29) is 36.0 Å². The van der Waals surface area contributed by atoms with E-state index in [1.807, 2.05) is 11.8 Å². The number of oxime groups is 1. The second-order valence-electron chi connectivity index (χ2n) is 9.54. The van der Waals surface area contributed by atoms with Crippen LogP contribution in [0.5, 0.6) is 5.75 Å². The molecule has 0 aromatic heterocycles. The number of amidine groups is 1. The van der Waals surface area contributed by atoms with Crippen LogP contribution in [0, 0.1) is 10.1 Å². The van der Waals surface area contributed by atoms with Gasteiger partial charge in [-0.3, -0.25) is 9.69 Å². The first-order valence-corrected chi connectivity index (χ1v) is 14.7. The number of aliphatic imine (C=N–C) groups is 2. The number of benzene rings is 1. The van der Waals surface area contributed by atoms with Crippen LogP contribution in [0.4, 0.5) is 0 Å². The molecule has 3 aliphatic rings. The molecule has 0 saturated carbocycles. The van der Waals surface area contributed by atoms with Crippen LogP contribution < -0.4 is 4.74 Å². The molecule has 0 spiro atoms. The first-order valence-electron chi connectivity index (χ1n) is 13.2. The number of nitrogens with zero attached hydrogens (tertiary/aromatic N) is 7. The van der Waals surface area contributed by atoms with E-state index in [9.17, 15) is 28.5 Å². The van der Waals surface area contributed by atoms with Crippen molar-refractivity contribution in [3.63, 3.8) is 0 Å². The summed E-state index contributed by atoms with van der Waals surface area (Å²) >= 11 is 0. The fourth-order valence-corrected chi connectivity index (χ4v) is 6.56. The number of carbonyl (C=O) groups is 1. The third kappa shape index (κ3) is 6.23. The molecule has 0 radical (unpaired) electrons. The molecule has 0 aliphatic carbocycles. The fraction of sp³-hybridized carbons (Fsp3) is 0.520. The van der Waals surface area contributed by atoms with Crippen molar-refractivity contribution in [3.8, 4) is 5.75 Å². The monoisotopic (exact) mass is 591 g/mol. The van der Waals surface area contributed by atoms with E-state index in [0.29, 0.717) is 49.8 Å². The van der Waals surface area contributed by atoms with Crippen LogP contribution >= 0.6 is 0 Å². The Bertz CT molecular complexity index is 1410. The number of ether oxygens (including phenoxy) is 1. The molecule has 1 unspecified atom stereocenters. The van der Waals surface area contributed by atoms with Crippen LogP contribution in [-0.4, -0.2) is 116 Å². The molecule has 16 heteroatoms. The number of carbonyl (C=O) groups excluding carboxylic acids is 1. The lowest BCUT2D eigenvalue weighted by Crippen LogP contribution is -2.49. The smallest absolute Gasteiger partial charge is 0.294 e. The van der Waals surface area contributed by atoms with Crippen molar-refractivity contribution in [1.29, 1.82) is 0 Å². The van der Waals surface area contributed by atoms with Gasteiger partial charge in [0, 0.05) is 45.3 Å². The summed E-state index contributed by atoms with van der Waals surface area (Å²) in [5, 5.41) is 21.9. The molecule has 0 bridgehead atoms. The van der Waals surface area contributed by atoms with Gasteiger partial charge < -0.3 is 19.7 Å². The maximum atomic E-state index is 13.6. The van der Waals surface area contributed by atoms with Gasteiger partial charge in [-0.2, -0.15) is 9.30 Å². The zero-order chi connectivity index (χ0) is 29.7. The first kappa shape index (κ1) is 30.1. The number of sulfonamides is 1. The van der Waals surface area contributed by atoms with Crippen molar-refractivity contribution in [3.05, 3.63) is 45.1 Å². The van der Waals surface area contributed by atoms with Gasteiger partial charge in [-0.25, -0.2) is 13.4 Å². The van der Waals surface area contributed by atoms with Crippen LogP contribution in [-0.2, 0) is 19.7 Å². The number of allylic oxidation sites excluding steroid dienone is 1. The Morgan fingerprint density at radius 2 is 1.95 bits per heavy atom. The van der Waals surface area contributed by atoms with Gasteiger partial charge in [-0.1, -0.05) is 18.5 Å². The predicted octanol–water partition coefficient (Wildman–Crippen LogP) is 1.16. The molecular formula is C25H33N7O8S. The number of fused-ring (bicyclic) bond motifs is 1. The van der Waals surface area contributed by atoms with E-state index < -0.39 is 27.1 Å². The molecule has 1 N–H and O–H groups in total. The highest BCUT2D eigenvalue weighted by Gasteiger charge is 2.42. The number of likely N-dealkylation sites (N-methyl/N-ethyl adjacent to an activating group) is 1. The van der Waals surface area contributed by atoms with Gasteiger partial charge in [0.25, 0.3) is 11.0 Å². The van der Waals surface area contributed by atoms with Crippen molar-refractivity contribution in [1.82, 2.24) is 14.1 Å². The van der Waals surface area contributed by atoms with Gasteiger partial charge in [-0.15, -0.1) is 10.1 Å². The third-order valence-corrected chi connectivity index (χ3v) is 8.96. The summed E-state index contributed by atoms with van der Waals surface area (Å²) in [7, 11) is -2.23. The van der Waals surface area contributed by atoms with E-state index in [1.165, 1.54) is 28.7 Å². The minimum absolute atomic E-state index is 0.000438. The maximum Gasteiger partial charge on any atom is 0.294 e. The minimum Gasteiger partial charge on any atom is -0.493 e. The highest BCUT2D eigenvalue weighted by molar-refractivity contribution is 7.89. The van der Waals surface area contributed by atoms with Crippen molar-refractivity contribution >= 4 is 33.7 Å². The van der Waals surface area contributed by atoms with Gasteiger partial charge in [0.1, 0.15) is 12.4 Å². The van der Waals surface area contributed by atoms with Crippen LogP contribution in [0.25, 0.3) is 0 Å². The first-order chi connectivity index (χ1) is 19.6. The summed E-state index contributed by atoms with van der Waals surface area (Å²) in [6.07, 6.45) is 2.61. The Morgan fingerprint density at radius 1 is 1.22 bits per heavy atom. The standard InChI is InChI=1S/C25H33N7O8S/c1-4-6-18-20(16-26-34)29(3)23-22(18)27-24(28-25(23)33)19-15-17(7-8-21(19)39-5-2)41(37,38)31-11-9-30(10-12-31)13-14-40-32(35)36/h7-8,15-16,23,34H,4-6,9-14H2,1-3H3/b26-16+. The molecule has 1 atom stereocenters. The highest BCUT2D eigenvalue weighted by atomic mass is 32.2. The van der Waals surface area contributed by atoms with E-state index in [4.69, 9.17) is 9.73 Å². The van der Waals surface area contributed by atoms with E-state index in [0.717, 1.165) is 12.0 Å².